The molecule has 0 spiro atoms. The number of fused-ring (bicyclic) bond motifs is 1. The van der Waals surface area contributed by atoms with E-state index in [4.69, 9.17) is 11.6 Å². The van der Waals surface area contributed by atoms with E-state index in [9.17, 15) is 4.79 Å². The molecular weight excluding hydrogens is 302 g/mol. The Labute approximate surface area is 132 Å². The zero-order valence-corrected chi connectivity index (χ0v) is 13.1. The van der Waals surface area contributed by atoms with Gasteiger partial charge in [0, 0.05) is 18.6 Å². The number of nitrogens with one attached hydrogen (secondary N) is 1. The summed E-state index contributed by atoms with van der Waals surface area (Å²) < 4.78 is 1.60. The van der Waals surface area contributed by atoms with Crippen LogP contribution in [0.1, 0.15) is 11.4 Å². The third kappa shape index (κ3) is 2.88. The second-order valence-electron chi connectivity index (χ2n) is 5.28. The second-order valence-corrected chi connectivity index (χ2v) is 5.69. The third-order valence-electron chi connectivity index (χ3n) is 3.47. The fraction of sp³-hybridized carbons (Fsp3) is 0.267. The molecule has 1 aromatic carbocycles. The number of hydrogen-bond acceptors (Lipinski definition) is 4. The highest BCUT2D eigenvalue weighted by atomic mass is 35.5. The molecule has 6 nitrogen and oxygen atoms in total. The minimum Gasteiger partial charge on any atom is -0.309 e. The molecule has 114 valence electrons. The maximum absolute atomic E-state index is 12.0. The molecule has 1 N–H and O–H groups in total. The molecule has 0 amide bonds. The molecule has 0 saturated heterocycles. The van der Waals surface area contributed by atoms with Gasteiger partial charge in [-0.25, -0.2) is 4.98 Å². The Kier molecular flexibility index (Phi) is 3.96. The van der Waals surface area contributed by atoms with E-state index < -0.39 is 0 Å². The number of rotatable bonds is 4. The molecule has 0 bridgehead atoms. The lowest BCUT2D eigenvalue weighted by atomic mass is 10.2. The molecule has 0 fully saturated rings. The summed E-state index contributed by atoms with van der Waals surface area (Å²) in [4.78, 5) is 21.3. The van der Waals surface area contributed by atoms with Crippen molar-refractivity contribution in [2.24, 2.45) is 7.05 Å². The largest absolute Gasteiger partial charge is 0.309 e. The van der Waals surface area contributed by atoms with Crippen molar-refractivity contribution in [2.75, 3.05) is 7.05 Å². The molecule has 7 heteroatoms. The van der Waals surface area contributed by atoms with Crippen LogP contribution in [-0.2, 0) is 20.1 Å². The van der Waals surface area contributed by atoms with Crippen LogP contribution in [-0.4, -0.2) is 31.7 Å². The monoisotopic (exact) mass is 317 g/mol. The molecular formula is C15H16ClN5O. The van der Waals surface area contributed by atoms with Gasteiger partial charge in [0.25, 0.3) is 5.56 Å². The SMILES string of the molecule is CN(Cc1nc2c(cnn2C)c(=O)[nH]1)Cc1ccccc1Cl. The topological polar surface area (TPSA) is 66.8 Å². The van der Waals surface area contributed by atoms with Gasteiger partial charge in [0.15, 0.2) is 5.65 Å². The molecule has 0 unspecified atom stereocenters. The van der Waals surface area contributed by atoms with Crippen molar-refractivity contribution in [3.63, 3.8) is 0 Å². The molecule has 0 aliphatic heterocycles. The fourth-order valence-corrected chi connectivity index (χ4v) is 2.58. The van der Waals surface area contributed by atoms with Gasteiger partial charge in [0.1, 0.15) is 11.2 Å². The Hall–Kier alpha value is -2.18. The van der Waals surface area contributed by atoms with Crippen molar-refractivity contribution >= 4 is 22.6 Å². The van der Waals surface area contributed by atoms with E-state index >= 15 is 0 Å². The molecule has 3 aromatic rings. The summed E-state index contributed by atoms with van der Waals surface area (Å²) in [6, 6.07) is 7.71. The van der Waals surface area contributed by atoms with Gasteiger partial charge in [-0.2, -0.15) is 5.10 Å². The number of aromatic amines is 1. The van der Waals surface area contributed by atoms with Crippen molar-refractivity contribution in [1.82, 2.24) is 24.6 Å². The standard InChI is InChI=1S/C15H16ClN5O/c1-20(8-10-5-3-4-6-12(10)16)9-13-18-14-11(15(22)19-13)7-17-21(14)2/h3-7H,8-9H2,1-2H3,(H,18,19,22). The third-order valence-corrected chi connectivity index (χ3v) is 3.84. The summed E-state index contributed by atoms with van der Waals surface area (Å²) in [5, 5.41) is 5.29. The first-order valence-electron chi connectivity index (χ1n) is 6.87. The van der Waals surface area contributed by atoms with E-state index in [1.807, 2.05) is 36.2 Å². The van der Waals surface area contributed by atoms with Gasteiger partial charge >= 0.3 is 0 Å². The predicted molar refractivity (Wildman–Crippen MR) is 85.8 cm³/mol. The number of hydrogen-bond donors (Lipinski definition) is 1. The van der Waals surface area contributed by atoms with Gasteiger partial charge in [-0.05, 0) is 18.7 Å². The lowest BCUT2D eigenvalue weighted by molar-refractivity contribution is 0.310. The summed E-state index contributed by atoms with van der Waals surface area (Å²) in [5.74, 6) is 0.607. The summed E-state index contributed by atoms with van der Waals surface area (Å²) >= 11 is 6.17. The van der Waals surface area contributed by atoms with Crippen LogP contribution < -0.4 is 5.56 Å². The summed E-state index contributed by atoms with van der Waals surface area (Å²) in [6.07, 6.45) is 1.53. The van der Waals surface area contributed by atoms with Crippen LogP contribution in [0.2, 0.25) is 5.02 Å². The number of aryl methyl sites for hydroxylation is 1. The van der Waals surface area contributed by atoms with Gasteiger partial charge < -0.3 is 4.98 Å². The lowest BCUT2D eigenvalue weighted by Crippen LogP contribution is -2.22. The highest BCUT2D eigenvalue weighted by Crippen LogP contribution is 2.17. The van der Waals surface area contributed by atoms with Crippen LogP contribution in [0.15, 0.2) is 35.3 Å². The first kappa shape index (κ1) is 14.7. The van der Waals surface area contributed by atoms with Gasteiger partial charge in [0.05, 0.1) is 12.7 Å². The van der Waals surface area contributed by atoms with Crippen LogP contribution in [0.4, 0.5) is 0 Å². The normalized spacial score (nSPS) is 11.5. The van der Waals surface area contributed by atoms with Crippen LogP contribution in [0.3, 0.4) is 0 Å². The van der Waals surface area contributed by atoms with E-state index in [1.54, 1.807) is 11.7 Å². The smallest absolute Gasteiger partial charge is 0.262 e. The quantitative estimate of drug-likeness (QED) is 0.798. The molecule has 0 atom stereocenters. The maximum Gasteiger partial charge on any atom is 0.262 e. The first-order chi connectivity index (χ1) is 10.5. The van der Waals surface area contributed by atoms with Gasteiger partial charge in [0.2, 0.25) is 0 Å². The number of halogens is 1. The summed E-state index contributed by atoms with van der Waals surface area (Å²) in [5.41, 5.74) is 1.46. The van der Waals surface area contributed by atoms with Crippen molar-refractivity contribution in [3.05, 3.63) is 57.2 Å². The van der Waals surface area contributed by atoms with Crippen molar-refractivity contribution in [2.45, 2.75) is 13.1 Å². The Morgan fingerprint density at radius 3 is 2.86 bits per heavy atom. The minimum absolute atomic E-state index is 0.167. The summed E-state index contributed by atoms with van der Waals surface area (Å²) in [7, 11) is 3.72. The molecule has 0 aliphatic carbocycles. The van der Waals surface area contributed by atoms with E-state index in [0.29, 0.717) is 29.9 Å². The van der Waals surface area contributed by atoms with Crippen molar-refractivity contribution < 1.29 is 0 Å². The number of H-pyrrole nitrogens is 1. The summed E-state index contributed by atoms with van der Waals surface area (Å²) in [6.45, 7) is 1.19. The zero-order valence-electron chi connectivity index (χ0n) is 12.4. The second kappa shape index (κ2) is 5.90. The Bertz CT molecular complexity index is 870. The molecule has 0 saturated carbocycles. The Morgan fingerprint density at radius 1 is 1.32 bits per heavy atom. The maximum atomic E-state index is 12.0. The average Bonchev–Trinajstić information content (AvgIpc) is 2.84. The van der Waals surface area contributed by atoms with E-state index in [-0.39, 0.29) is 5.56 Å². The van der Waals surface area contributed by atoms with E-state index in [2.05, 4.69) is 15.1 Å². The van der Waals surface area contributed by atoms with Crippen LogP contribution in [0, 0.1) is 0 Å². The van der Waals surface area contributed by atoms with Crippen LogP contribution >= 0.6 is 11.6 Å². The Balaban J connectivity index is 1.82. The zero-order chi connectivity index (χ0) is 15.7. The fourth-order valence-electron chi connectivity index (χ4n) is 2.38. The molecule has 22 heavy (non-hydrogen) atoms. The Morgan fingerprint density at radius 2 is 2.09 bits per heavy atom. The van der Waals surface area contributed by atoms with Crippen LogP contribution in [0.5, 0.6) is 0 Å². The number of nitrogens with zero attached hydrogens (tertiary/aromatic N) is 4. The molecule has 0 aliphatic rings. The molecule has 2 heterocycles. The number of aromatic nitrogens is 4. The average molecular weight is 318 g/mol. The first-order valence-corrected chi connectivity index (χ1v) is 7.25. The van der Waals surface area contributed by atoms with E-state index in [0.717, 1.165) is 10.6 Å². The lowest BCUT2D eigenvalue weighted by Gasteiger charge is -2.16. The van der Waals surface area contributed by atoms with Crippen LogP contribution in [0.25, 0.3) is 11.0 Å². The minimum atomic E-state index is -0.167. The highest BCUT2D eigenvalue weighted by Gasteiger charge is 2.10. The molecule has 3 rings (SSSR count). The molecule has 0 radical (unpaired) electrons. The van der Waals surface area contributed by atoms with Crippen molar-refractivity contribution in [1.29, 1.82) is 0 Å². The molecule has 2 aromatic heterocycles. The predicted octanol–water partition coefficient (Wildman–Crippen LogP) is 1.94. The van der Waals surface area contributed by atoms with Crippen molar-refractivity contribution in [3.8, 4) is 0 Å². The van der Waals surface area contributed by atoms with Gasteiger partial charge in [-0.1, -0.05) is 29.8 Å². The number of benzene rings is 1. The highest BCUT2D eigenvalue weighted by molar-refractivity contribution is 6.31. The van der Waals surface area contributed by atoms with Gasteiger partial charge in [-0.3, -0.25) is 14.4 Å². The van der Waals surface area contributed by atoms with E-state index in [1.165, 1.54) is 6.20 Å². The van der Waals surface area contributed by atoms with Gasteiger partial charge in [-0.15, -0.1) is 0 Å².